The molecule has 1 aromatic carbocycles. The predicted molar refractivity (Wildman–Crippen MR) is 111 cm³/mol. The van der Waals surface area contributed by atoms with Crippen molar-refractivity contribution in [2.45, 2.75) is 26.3 Å². The molecule has 0 spiro atoms. The number of nitrogens with zero attached hydrogens (tertiary/aromatic N) is 4. The molecule has 1 atom stereocenters. The van der Waals surface area contributed by atoms with Crippen molar-refractivity contribution in [3.05, 3.63) is 48.2 Å². The fraction of sp³-hybridized carbons (Fsp3) is 0.455. The number of hydrogen-bond acceptors (Lipinski definition) is 4. The van der Waals surface area contributed by atoms with Gasteiger partial charge in [-0.15, -0.1) is 0 Å². The van der Waals surface area contributed by atoms with Crippen LogP contribution < -0.4 is 14.5 Å². The molecule has 0 bridgehead atoms. The maximum absolute atomic E-state index is 13.6. The van der Waals surface area contributed by atoms with Gasteiger partial charge in [-0.2, -0.15) is 0 Å². The molecule has 2 aliphatic heterocycles. The highest BCUT2D eigenvalue weighted by Gasteiger charge is 2.45. The third kappa shape index (κ3) is 3.78. The number of likely N-dealkylation sites (tertiary alicyclic amines) is 1. The number of ether oxygens (including phenoxy) is 1. The van der Waals surface area contributed by atoms with Crippen molar-refractivity contribution in [1.82, 2.24) is 9.88 Å². The highest BCUT2D eigenvalue weighted by molar-refractivity contribution is 5.95. The molecule has 0 aliphatic carbocycles. The summed E-state index contributed by atoms with van der Waals surface area (Å²) in [5.41, 5.74) is 0.515. The quantitative estimate of drug-likeness (QED) is 0.758. The van der Waals surface area contributed by atoms with Crippen molar-refractivity contribution in [3.63, 3.8) is 0 Å². The third-order valence-electron chi connectivity index (χ3n) is 5.79. The Labute approximate surface area is 175 Å². The van der Waals surface area contributed by atoms with Crippen LogP contribution in [-0.2, 0) is 0 Å². The van der Waals surface area contributed by atoms with E-state index in [1.165, 1.54) is 24.4 Å². The smallest absolute Gasteiger partial charge is 0.325 e. The van der Waals surface area contributed by atoms with Crippen LogP contribution in [0.3, 0.4) is 0 Å². The van der Waals surface area contributed by atoms with Crippen LogP contribution in [0.15, 0.2) is 36.5 Å². The van der Waals surface area contributed by atoms with E-state index < -0.39 is 0 Å². The summed E-state index contributed by atoms with van der Waals surface area (Å²) in [4.78, 5) is 23.0. The highest BCUT2D eigenvalue weighted by atomic mass is 19.1. The van der Waals surface area contributed by atoms with E-state index in [9.17, 15) is 13.6 Å². The van der Waals surface area contributed by atoms with Gasteiger partial charge in [0.05, 0.1) is 17.9 Å². The van der Waals surface area contributed by atoms with Crippen molar-refractivity contribution < 1.29 is 18.3 Å². The number of halogens is 2. The monoisotopic (exact) mass is 416 g/mol. The lowest BCUT2D eigenvalue weighted by atomic mass is 9.81. The van der Waals surface area contributed by atoms with Gasteiger partial charge in [0.1, 0.15) is 29.8 Å². The van der Waals surface area contributed by atoms with Crippen molar-refractivity contribution in [1.29, 1.82) is 0 Å². The van der Waals surface area contributed by atoms with Gasteiger partial charge in [0, 0.05) is 38.2 Å². The average Bonchev–Trinajstić information content (AvgIpc) is 2.70. The fourth-order valence-electron chi connectivity index (χ4n) is 4.33. The number of benzene rings is 1. The molecule has 0 radical (unpaired) electrons. The van der Waals surface area contributed by atoms with Crippen LogP contribution in [0.25, 0.3) is 0 Å². The van der Waals surface area contributed by atoms with E-state index in [1.807, 2.05) is 23.8 Å². The Morgan fingerprint density at radius 1 is 1.27 bits per heavy atom. The van der Waals surface area contributed by atoms with Crippen molar-refractivity contribution >= 4 is 17.5 Å². The van der Waals surface area contributed by atoms with Crippen molar-refractivity contribution in [3.8, 4) is 5.75 Å². The molecule has 8 heteroatoms. The molecule has 2 amide bonds. The van der Waals surface area contributed by atoms with Crippen molar-refractivity contribution in [2.75, 3.05) is 43.1 Å². The molecule has 1 fully saturated rings. The largest absolute Gasteiger partial charge is 0.489 e. The molecule has 0 saturated carbocycles. The molecule has 3 heterocycles. The van der Waals surface area contributed by atoms with Gasteiger partial charge in [-0.3, -0.25) is 4.90 Å². The minimum Gasteiger partial charge on any atom is -0.489 e. The first-order chi connectivity index (χ1) is 14.3. The van der Waals surface area contributed by atoms with Crippen LogP contribution in [0.1, 0.15) is 20.3 Å². The molecule has 160 valence electrons. The van der Waals surface area contributed by atoms with Gasteiger partial charge >= 0.3 is 6.03 Å². The second-order valence-corrected chi connectivity index (χ2v) is 8.50. The first kappa shape index (κ1) is 20.4. The molecule has 2 aliphatic rings. The third-order valence-corrected chi connectivity index (χ3v) is 5.79. The summed E-state index contributed by atoms with van der Waals surface area (Å²) in [6, 6.07) is 7.15. The topological polar surface area (TPSA) is 48.9 Å². The summed E-state index contributed by atoms with van der Waals surface area (Å²) in [7, 11) is 1.91. The summed E-state index contributed by atoms with van der Waals surface area (Å²) >= 11 is 0. The molecule has 4 rings (SSSR count). The number of carbonyl (C=O) groups excluding carboxylic acids is 1. The molecule has 2 aromatic rings. The fourth-order valence-corrected chi connectivity index (χ4v) is 4.33. The summed E-state index contributed by atoms with van der Waals surface area (Å²) in [5, 5.41) is 0. The van der Waals surface area contributed by atoms with Crippen LogP contribution in [0.4, 0.5) is 25.1 Å². The number of pyridine rings is 1. The van der Waals surface area contributed by atoms with Gasteiger partial charge in [-0.25, -0.2) is 18.6 Å². The number of urea groups is 1. The number of fused-ring (bicyclic) bond motifs is 1. The minimum atomic E-state index is -0.384. The van der Waals surface area contributed by atoms with E-state index in [2.05, 4.69) is 11.9 Å². The molecule has 6 nitrogen and oxygen atoms in total. The second-order valence-electron chi connectivity index (χ2n) is 8.50. The highest BCUT2D eigenvalue weighted by Crippen LogP contribution is 2.39. The first-order valence-corrected chi connectivity index (χ1v) is 10.1. The summed E-state index contributed by atoms with van der Waals surface area (Å²) in [6.07, 6.45) is 1.95. The predicted octanol–water partition coefficient (Wildman–Crippen LogP) is 3.92. The Hall–Kier alpha value is -2.90. The Kier molecular flexibility index (Phi) is 5.26. The van der Waals surface area contributed by atoms with Crippen LogP contribution >= 0.6 is 0 Å². The van der Waals surface area contributed by atoms with Gasteiger partial charge in [-0.05, 0) is 30.7 Å². The lowest BCUT2D eigenvalue weighted by molar-refractivity contribution is 0.0537. The Bertz CT molecular complexity index is 931. The molecular formula is C22H26F2N4O2. The zero-order chi connectivity index (χ0) is 21.5. The SMILES string of the molecule is CCC1COc2cc(F)ccc2N1C(=O)N1CC(C)(CN(C)c2ccc(F)cn2)C1. The van der Waals surface area contributed by atoms with Crippen molar-refractivity contribution in [2.24, 2.45) is 5.41 Å². The van der Waals surface area contributed by atoms with E-state index in [4.69, 9.17) is 4.74 Å². The van der Waals surface area contributed by atoms with Crippen LogP contribution in [0, 0.1) is 17.0 Å². The summed E-state index contributed by atoms with van der Waals surface area (Å²) < 4.78 is 32.4. The number of amides is 2. The Morgan fingerprint density at radius 3 is 2.67 bits per heavy atom. The van der Waals surface area contributed by atoms with Crippen LogP contribution in [0.5, 0.6) is 5.75 Å². The van der Waals surface area contributed by atoms with Gasteiger partial charge in [0.25, 0.3) is 0 Å². The number of rotatable bonds is 4. The average molecular weight is 416 g/mol. The number of aromatic nitrogens is 1. The summed E-state index contributed by atoms with van der Waals surface area (Å²) in [6.45, 7) is 6.37. The molecule has 0 N–H and O–H groups in total. The lowest BCUT2D eigenvalue weighted by Gasteiger charge is -2.52. The van der Waals surface area contributed by atoms with Crippen LogP contribution in [-0.4, -0.2) is 55.2 Å². The summed E-state index contributed by atoms with van der Waals surface area (Å²) in [5.74, 6) is 0.344. The molecule has 30 heavy (non-hydrogen) atoms. The molecular weight excluding hydrogens is 390 g/mol. The Morgan fingerprint density at radius 2 is 2.00 bits per heavy atom. The van der Waals surface area contributed by atoms with Gasteiger partial charge in [0.15, 0.2) is 0 Å². The van der Waals surface area contributed by atoms with Crippen LogP contribution in [0.2, 0.25) is 0 Å². The van der Waals surface area contributed by atoms with E-state index in [1.54, 1.807) is 17.0 Å². The van der Waals surface area contributed by atoms with E-state index in [0.29, 0.717) is 43.5 Å². The second kappa shape index (κ2) is 7.74. The molecule has 1 aromatic heterocycles. The first-order valence-electron chi connectivity index (χ1n) is 10.1. The van der Waals surface area contributed by atoms with E-state index in [-0.39, 0.29) is 29.1 Å². The van der Waals surface area contributed by atoms with E-state index in [0.717, 1.165) is 6.42 Å². The standard InChI is InChI=1S/C22H26F2N4O2/c1-4-17-11-30-19-9-15(23)5-7-18(19)28(17)21(29)27-13-22(2,14-27)12-26(3)20-8-6-16(24)10-25-20/h5-10,17H,4,11-14H2,1-3H3. The van der Waals surface area contributed by atoms with Gasteiger partial charge in [0.2, 0.25) is 0 Å². The number of carbonyl (C=O) groups is 1. The normalized spacial score (nSPS) is 19.6. The Balaban J connectivity index is 1.45. The zero-order valence-corrected chi connectivity index (χ0v) is 17.4. The maximum Gasteiger partial charge on any atom is 0.325 e. The maximum atomic E-state index is 13.6. The van der Waals surface area contributed by atoms with Gasteiger partial charge < -0.3 is 14.5 Å². The molecule has 1 saturated heterocycles. The molecule has 1 unspecified atom stereocenters. The number of hydrogen-bond donors (Lipinski definition) is 0. The van der Waals surface area contributed by atoms with Gasteiger partial charge in [-0.1, -0.05) is 13.8 Å². The number of anilines is 2. The lowest BCUT2D eigenvalue weighted by Crippen LogP contribution is -2.65. The van der Waals surface area contributed by atoms with E-state index >= 15 is 0 Å². The minimum absolute atomic E-state index is 0.0851. The zero-order valence-electron chi connectivity index (χ0n) is 17.4.